The summed E-state index contributed by atoms with van der Waals surface area (Å²) in [4.78, 5) is 0. The summed E-state index contributed by atoms with van der Waals surface area (Å²) >= 11 is 0. The summed E-state index contributed by atoms with van der Waals surface area (Å²) in [6.07, 6.45) is -3.59. The van der Waals surface area contributed by atoms with Crippen molar-refractivity contribution < 1.29 is 13.2 Å². The Morgan fingerprint density at radius 1 is 1.30 bits per heavy atom. The Kier molecular flexibility index (Phi) is 0.966. The zero-order valence-corrected chi connectivity index (χ0v) is 5.33. The number of halogens is 3. The van der Waals surface area contributed by atoms with Crippen LogP contribution in [0, 0.1) is 11.3 Å². The molecule has 2 aliphatic rings. The van der Waals surface area contributed by atoms with Crippen LogP contribution in [-0.4, -0.2) is 19.3 Å². The van der Waals surface area contributed by atoms with Gasteiger partial charge in [0.2, 0.25) is 0 Å². The number of alkyl halides is 3. The Morgan fingerprint density at radius 3 is 2.00 bits per heavy atom. The van der Waals surface area contributed by atoms with E-state index < -0.39 is 12.1 Å². The molecule has 58 valence electrons. The second-order valence-corrected chi connectivity index (χ2v) is 3.26. The van der Waals surface area contributed by atoms with Crippen LogP contribution in [0.25, 0.3) is 0 Å². The first-order valence-electron chi connectivity index (χ1n) is 3.32. The normalized spacial score (nSPS) is 35.7. The summed E-state index contributed by atoms with van der Waals surface area (Å²) in [6, 6.07) is 0. The van der Waals surface area contributed by atoms with E-state index in [4.69, 9.17) is 0 Å². The molecule has 1 atom stereocenters. The number of hydrogen-bond donors (Lipinski definition) is 1. The predicted molar refractivity (Wildman–Crippen MR) is 29.5 cm³/mol. The minimum atomic E-state index is -3.94. The quantitative estimate of drug-likeness (QED) is 0.547. The Balaban J connectivity index is 2.01. The van der Waals surface area contributed by atoms with Crippen molar-refractivity contribution in [3.8, 4) is 0 Å². The van der Waals surface area contributed by atoms with Crippen LogP contribution in [0.3, 0.4) is 0 Å². The van der Waals surface area contributed by atoms with Gasteiger partial charge in [0.05, 0.1) is 5.92 Å². The van der Waals surface area contributed by atoms with Gasteiger partial charge in [-0.3, -0.25) is 0 Å². The molecule has 1 aliphatic carbocycles. The van der Waals surface area contributed by atoms with Gasteiger partial charge in [0, 0.05) is 18.5 Å². The molecule has 1 saturated carbocycles. The lowest BCUT2D eigenvalue weighted by Crippen LogP contribution is -2.46. The van der Waals surface area contributed by atoms with Crippen molar-refractivity contribution in [2.45, 2.75) is 12.6 Å². The zero-order chi connectivity index (χ0) is 7.41. The lowest BCUT2D eigenvalue weighted by Gasteiger charge is -2.28. The molecule has 1 spiro atoms. The third kappa shape index (κ3) is 0.682. The molecule has 0 amide bonds. The van der Waals surface area contributed by atoms with Gasteiger partial charge in [-0.15, -0.1) is 0 Å². The summed E-state index contributed by atoms with van der Waals surface area (Å²) in [5.41, 5.74) is -0.363. The molecule has 1 nitrogen and oxygen atoms in total. The lowest BCUT2D eigenvalue weighted by atomic mass is 9.97. The highest BCUT2D eigenvalue weighted by molar-refractivity contribution is 5.13. The fraction of sp³-hybridized carbons (Fsp3) is 1.00. The number of rotatable bonds is 0. The van der Waals surface area contributed by atoms with Crippen LogP contribution in [0.2, 0.25) is 0 Å². The molecule has 0 radical (unpaired) electrons. The number of nitrogens with one attached hydrogen (secondary N) is 1. The summed E-state index contributed by atoms with van der Waals surface area (Å²) in [6.45, 7) is 1.13. The first kappa shape index (κ1) is 6.46. The van der Waals surface area contributed by atoms with E-state index in [-0.39, 0.29) is 5.41 Å². The van der Waals surface area contributed by atoms with Crippen molar-refractivity contribution in [1.82, 2.24) is 5.32 Å². The van der Waals surface area contributed by atoms with E-state index in [1.54, 1.807) is 0 Å². The molecule has 0 bridgehead atoms. The van der Waals surface area contributed by atoms with Crippen molar-refractivity contribution in [2.24, 2.45) is 11.3 Å². The van der Waals surface area contributed by atoms with E-state index >= 15 is 0 Å². The highest BCUT2D eigenvalue weighted by Gasteiger charge is 2.68. The molecule has 1 heterocycles. The Bertz CT molecular complexity index is 159. The second kappa shape index (κ2) is 1.49. The molecule has 0 aromatic heterocycles. The van der Waals surface area contributed by atoms with Gasteiger partial charge in [0.25, 0.3) is 0 Å². The molecule has 2 fully saturated rings. The molecule has 4 heteroatoms. The molecule has 0 aromatic carbocycles. The molecule has 1 saturated heterocycles. The summed E-state index contributed by atoms with van der Waals surface area (Å²) in [5.74, 6) is -0.999. The highest BCUT2D eigenvalue weighted by atomic mass is 19.4. The van der Waals surface area contributed by atoms with Gasteiger partial charge in [0.1, 0.15) is 0 Å². The molecule has 1 aliphatic heterocycles. The summed E-state index contributed by atoms with van der Waals surface area (Å²) in [7, 11) is 0. The van der Waals surface area contributed by atoms with Gasteiger partial charge >= 0.3 is 6.18 Å². The second-order valence-electron chi connectivity index (χ2n) is 3.26. The maximum absolute atomic E-state index is 11.9. The molecular weight excluding hydrogens is 143 g/mol. The first-order chi connectivity index (χ1) is 4.55. The van der Waals surface area contributed by atoms with Crippen molar-refractivity contribution in [2.75, 3.05) is 13.1 Å². The molecule has 2 rings (SSSR count). The van der Waals surface area contributed by atoms with Crippen LogP contribution in [0.15, 0.2) is 0 Å². The van der Waals surface area contributed by atoms with Crippen LogP contribution >= 0.6 is 0 Å². The van der Waals surface area contributed by atoms with Crippen molar-refractivity contribution in [1.29, 1.82) is 0 Å². The van der Waals surface area contributed by atoms with Crippen molar-refractivity contribution in [3.63, 3.8) is 0 Å². The van der Waals surface area contributed by atoms with Gasteiger partial charge < -0.3 is 5.32 Å². The third-order valence-electron chi connectivity index (χ3n) is 2.54. The van der Waals surface area contributed by atoms with Crippen LogP contribution in [0.1, 0.15) is 6.42 Å². The van der Waals surface area contributed by atoms with E-state index in [9.17, 15) is 13.2 Å². The minimum Gasteiger partial charge on any atom is -0.315 e. The Labute approximate surface area is 56.6 Å². The van der Waals surface area contributed by atoms with E-state index in [2.05, 4.69) is 5.32 Å². The molecular formula is C6H8F3N. The maximum Gasteiger partial charge on any atom is 0.392 e. The summed E-state index contributed by atoms with van der Waals surface area (Å²) < 4.78 is 35.8. The molecule has 0 aromatic rings. The largest absolute Gasteiger partial charge is 0.392 e. The van der Waals surface area contributed by atoms with E-state index in [0.717, 1.165) is 0 Å². The number of hydrogen-bond acceptors (Lipinski definition) is 1. The van der Waals surface area contributed by atoms with Gasteiger partial charge in [-0.2, -0.15) is 13.2 Å². The van der Waals surface area contributed by atoms with Crippen LogP contribution in [0.4, 0.5) is 13.2 Å². The minimum absolute atomic E-state index is 0.351. The average Bonchev–Trinajstić information content (AvgIpc) is 2.30. The molecule has 1 unspecified atom stereocenters. The Morgan fingerprint density at radius 2 is 1.90 bits per heavy atom. The van der Waals surface area contributed by atoms with Crippen LogP contribution in [-0.2, 0) is 0 Å². The van der Waals surface area contributed by atoms with E-state index in [1.165, 1.54) is 0 Å². The van der Waals surface area contributed by atoms with Gasteiger partial charge in [-0.1, -0.05) is 0 Å². The van der Waals surface area contributed by atoms with E-state index in [0.29, 0.717) is 19.5 Å². The van der Waals surface area contributed by atoms with Gasteiger partial charge in [-0.05, 0) is 6.42 Å². The fourth-order valence-corrected chi connectivity index (χ4v) is 1.65. The zero-order valence-electron chi connectivity index (χ0n) is 5.33. The standard InChI is InChI=1S/C6H8F3N/c7-6(8,9)4-1-5(4)2-10-3-5/h4,10H,1-3H2. The van der Waals surface area contributed by atoms with E-state index in [1.807, 2.05) is 0 Å². The van der Waals surface area contributed by atoms with Gasteiger partial charge in [-0.25, -0.2) is 0 Å². The monoisotopic (exact) mass is 151 g/mol. The van der Waals surface area contributed by atoms with Crippen LogP contribution < -0.4 is 5.32 Å². The van der Waals surface area contributed by atoms with Gasteiger partial charge in [0.15, 0.2) is 0 Å². The average molecular weight is 151 g/mol. The SMILES string of the molecule is FC(F)(F)C1CC12CNC2. The topological polar surface area (TPSA) is 12.0 Å². The van der Waals surface area contributed by atoms with Crippen molar-refractivity contribution >= 4 is 0 Å². The summed E-state index contributed by atoms with van der Waals surface area (Å²) in [5, 5.41) is 2.87. The smallest absolute Gasteiger partial charge is 0.315 e. The predicted octanol–water partition coefficient (Wildman–Crippen LogP) is 1.16. The Hall–Kier alpha value is -0.250. The third-order valence-corrected chi connectivity index (χ3v) is 2.54. The van der Waals surface area contributed by atoms with Crippen molar-refractivity contribution in [3.05, 3.63) is 0 Å². The fourth-order valence-electron chi connectivity index (χ4n) is 1.65. The highest BCUT2D eigenvalue weighted by Crippen LogP contribution is 2.62. The molecule has 10 heavy (non-hydrogen) atoms. The molecule has 1 N–H and O–H groups in total. The lowest BCUT2D eigenvalue weighted by molar-refractivity contribution is -0.158. The first-order valence-corrected chi connectivity index (χ1v) is 3.32. The maximum atomic E-state index is 11.9. The van der Waals surface area contributed by atoms with Crippen LogP contribution in [0.5, 0.6) is 0 Å².